The fourth-order valence-electron chi connectivity index (χ4n) is 4.67. The van der Waals surface area contributed by atoms with Gasteiger partial charge in [-0.2, -0.15) is 0 Å². The molecule has 0 radical (unpaired) electrons. The lowest BCUT2D eigenvalue weighted by Crippen LogP contribution is -2.44. The Labute approximate surface area is 256 Å². The van der Waals surface area contributed by atoms with Crippen LogP contribution in [-0.2, 0) is 29.3 Å². The van der Waals surface area contributed by atoms with Crippen LogP contribution in [0, 0.1) is 0 Å². The summed E-state index contributed by atoms with van der Waals surface area (Å²) in [5, 5.41) is 0.336. The highest BCUT2D eigenvalue weighted by Crippen LogP contribution is 2.41. The second-order valence-corrected chi connectivity index (χ2v) is 11.2. The van der Waals surface area contributed by atoms with Crippen molar-refractivity contribution in [3.8, 4) is 0 Å². The largest absolute Gasteiger partial charge is 0.472 e. The van der Waals surface area contributed by atoms with E-state index in [-0.39, 0.29) is 16.7 Å². The van der Waals surface area contributed by atoms with Gasteiger partial charge in [0.15, 0.2) is 28.6 Å². The Morgan fingerprint density at radius 3 is 1.45 bits per heavy atom. The van der Waals surface area contributed by atoms with Gasteiger partial charge in [0, 0.05) is 7.11 Å². The van der Waals surface area contributed by atoms with Gasteiger partial charge in [-0.25, -0.2) is 0 Å². The monoisotopic (exact) mass is 610 g/mol. The predicted molar refractivity (Wildman–Crippen MR) is 172 cm³/mol. The Hall–Kier alpha value is -2.50. The van der Waals surface area contributed by atoms with Gasteiger partial charge in [-0.05, 0) is 55.0 Å². The van der Waals surface area contributed by atoms with Crippen LogP contribution in [-0.4, -0.2) is 58.1 Å². The maximum atomic E-state index is 6.99. The molecule has 4 atom stereocenters. The first-order valence-corrected chi connectivity index (χ1v) is 14.3. The van der Waals surface area contributed by atoms with Crippen LogP contribution in [0.4, 0.5) is 0 Å². The Morgan fingerprint density at radius 1 is 0.675 bits per heavy atom. The smallest absolute Gasteiger partial charge is 0.198 e. The van der Waals surface area contributed by atoms with Gasteiger partial charge >= 0.3 is 0 Å². The third-order valence-corrected chi connectivity index (χ3v) is 8.00. The molecule has 1 aliphatic rings. The lowest BCUT2D eigenvalue weighted by Gasteiger charge is -2.37. The Bertz CT molecular complexity index is 1240. The summed E-state index contributed by atoms with van der Waals surface area (Å²) in [7, 11) is 1.53. The topological polar surface area (TPSA) is 46.2 Å². The third kappa shape index (κ3) is 6.69. The first-order valence-electron chi connectivity index (χ1n) is 12.7. The number of hydrogen-bond acceptors (Lipinski definition) is 9. The summed E-state index contributed by atoms with van der Waals surface area (Å²) < 4.78 is 31.1. The second-order valence-electron chi connectivity index (χ2n) is 9.22. The van der Waals surface area contributed by atoms with Crippen LogP contribution < -0.4 is 0 Å². The summed E-state index contributed by atoms with van der Waals surface area (Å²) in [5.41, 5.74) is 1.92. The molecule has 0 N–H and O–H groups in total. The molecule has 3 aromatic rings. The molecule has 0 aliphatic carbocycles. The van der Waals surface area contributed by atoms with Crippen molar-refractivity contribution >= 4 is 68.7 Å². The summed E-state index contributed by atoms with van der Waals surface area (Å²) in [6.45, 7) is 3.51. The van der Waals surface area contributed by atoms with E-state index in [1.54, 1.807) is 13.8 Å². The van der Waals surface area contributed by atoms with Gasteiger partial charge in [-0.1, -0.05) is 115 Å². The molecule has 3 aromatic carbocycles. The molecule has 1 aliphatic heterocycles. The molecule has 0 saturated carbocycles. The van der Waals surface area contributed by atoms with Crippen molar-refractivity contribution in [2.24, 2.45) is 0 Å². The maximum Gasteiger partial charge on any atom is 0.198 e. The van der Waals surface area contributed by atoms with Gasteiger partial charge in [0.2, 0.25) is 0 Å². The van der Waals surface area contributed by atoms with E-state index in [9.17, 15) is 0 Å². The van der Waals surface area contributed by atoms with Crippen LogP contribution in [0.2, 0.25) is 0 Å². The van der Waals surface area contributed by atoms with Gasteiger partial charge in [-0.3, -0.25) is 0 Å². The molecule has 0 amide bonds. The number of thiocarbonyl (C=S) groups is 4. The van der Waals surface area contributed by atoms with E-state index in [1.807, 2.05) is 54.6 Å². The van der Waals surface area contributed by atoms with E-state index in [0.717, 1.165) is 16.7 Å². The van der Waals surface area contributed by atoms with E-state index in [2.05, 4.69) is 36.4 Å². The first kappa shape index (κ1) is 30.5. The second kappa shape index (κ2) is 13.9. The molecule has 4 rings (SSSR count). The summed E-state index contributed by atoms with van der Waals surface area (Å²) >= 11 is 21.3. The van der Waals surface area contributed by atoms with E-state index >= 15 is 0 Å². The molecular formula is C31H30O5S4. The summed E-state index contributed by atoms with van der Waals surface area (Å²) in [6, 6.07) is 30.3. The zero-order chi connectivity index (χ0) is 28.7. The number of methoxy groups -OCH3 is 1. The lowest BCUT2D eigenvalue weighted by molar-refractivity contribution is -0.159. The molecule has 0 aromatic heterocycles. The molecule has 1 fully saturated rings. The van der Waals surface area contributed by atoms with Crippen molar-refractivity contribution in [1.82, 2.24) is 0 Å². The summed E-state index contributed by atoms with van der Waals surface area (Å²) in [6.07, 6.45) is -2.94. The SMILES string of the molecule is COC1O[C@H](COC(c2ccccc2)(c2ccccc2)c2ccccc2)[C@H](OC(=S)C(C)=S)[C@H]1OC(=S)C(C)=S. The van der Waals surface area contributed by atoms with E-state index in [0.29, 0.717) is 9.73 Å². The first-order chi connectivity index (χ1) is 19.3. The normalized spacial score (nSPS) is 20.5. The minimum absolute atomic E-state index is 0.103. The van der Waals surface area contributed by atoms with Crippen molar-refractivity contribution in [3.05, 3.63) is 108 Å². The molecule has 0 spiro atoms. The average Bonchev–Trinajstić information content (AvgIpc) is 3.30. The molecule has 5 nitrogen and oxygen atoms in total. The van der Waals surface area contributed by atoms with Gasteiger partial charge < -0.3 is 23.7 Å². The standard InChI is InChI=1S/C31H30O5S4/c1-20(37)29(39)35-26-25(34-28(32-3)27(26)36-30(40)21(2)38)19-33-31(22-13-7-4-8-14-22,23-15-9-5-10-16-23)24-17-11-6-12-18-24/h4-18,25-28H,19H2,1-3H3/t25-,26+,27-,28?/m1/s1. The highest BCUT2D eigenvalue weighted by molar-refractivity contribution is 7.89. The number of hydrogen-bond donors (Lipinski definition) is 0. The van der Waals surface area contributed by atoms with Crippen molar-refractivity contribution in [3.63, 3.8) is 0 Å². The third-order valence-electron chi connectivity index (χ3n) is 6.57. The lowest BCUT2D eigenvalue weighted by atomic mass is 9.80. The minimum Gasteiger partial charge on any atom is -0.472 e. The van der Waals surface area contributed by atoms with Crippen molar-refractivity contribution in [1.29, 1.82) is 0 Å². The summed E-state index contributed by atoms with van der Waals surface area (Å²) in [5.74, 6) is 0. The minimum atomic E-state index is -0.958. The highest BCUT2D eigenvalue weighted by Gasteiger charge is 2.51. The van der Waals surface area contributed by atoms with Crippen LogP contribution in [0.1, 0.15) is 30.5 Å². The quantitative estimate of drug-likeness (QED) is 0.177. The molecule has 40 heavy (non-hydrogen) atoms. The molecule has 0 bridgehead atoms. The fourth-order valence-corrected chi connectivity index (χ4v) is 4.99. The maximum absolute atomic E-state index is 6.99. The van der Waals surface area contributed by atoms with E-state index < -0.39 is 30.2 Å². The highest BCUT2D eigenvalue weighted by atomic mass is 32.1. The van der Waals surface area contributed by atoms with Crippen molar-refractivity contribution in [2.45, 2.75) is 44.1 Å². The Kier molecular flexibility index (Phi) is 10.6. The Balaban J connectivity index is 1.76. The molecular weight excluding hydrogens is 581 g/mol. The molecule has 208 valence electrons. The average molecular weight is 611 g/mol. The number of ether oxygens (including phenoxy) is 5. The van der Waals surface area contributed by atoms with Crippen LogP contribution in [0.25, 0.3) is 0 Å². The van der Waals surface area contributed by atoms with Gasteiger partial charge in [0.25, 0.3) is 0 Å². The van der Waals surface area contributed by atoms with E-state index in [4.69, 9.17) is 72.6 Å². The predicted octanol–water partition coefficient (Wildman–Crippen LogP) is 6.57. The fraction of sp³-hybridized carbons (Fsp3) is 0.290. The Morgan fingerprint density at radius 2 is 1.07 bits per heavy atom. The van der Waals surface area contributed by atoms with Crippen LogP contribution >= 0.6 is 48.9 Å². The number of rotatable bonds is 11. The van der Waals surface area contributed by atoms with Gasteiger partial charge in [0.05, 0.1) is 16.3 Å². The zero-order valence-electron chi connectivity index (χ0n) is 22.4. The summed E-state index contributed by atoms with van der Waals surface area (Å²) in [4.78, 5) is 0.878. The molecule has 1 saturated heterocycles. The van der Waals surface area contributed by atoms with Crippen molar-refractivity contribution in [2.75, 3.05) is 13.7 Å². The van der Waals surface area contributed by atoms with Crippen molar-refractivity contribution < 1.29 is 23.7 Å². The van der Waals surface area contributed by atoms with Gasteiger partial charge in [0.1, 0.15) is 11.7 Å². The molecule has 1 unspecified atom stereocenters. The molecule has 9 heteroatoms. The van der Waals surface area contributed by atoms with Crippen LogP contribution in [0.5, 0.6) is 0 Å². The van der Waals surface area contributed by atoms with Crippen LogP contribution in [0.3, 0.4) is 0 Å². The molecule has 1 heterocycles. The van der Waals surface area contributed by atoms with Gasteiger partial charge in [-0.15, -0.1) is 0 Å². The van der Waals surface area contributed by atoms with E-state index in [1.165, 1.54) is 7.11 Å². The zero-order valence-corrected chi connectivity index (χ0v) is 25.6. The number of benzene rings is 3. The van der Waals surface area contributed by atoms with Crippen LogP contribution in [0.15, 0.2) is 91.0 Å².